The van der Waals surface area contributed by atoms with Gasteiger partial charge in [0.05, 0.1) is 24.0 Å². The molecular weight excluding hydrogens is 280 g/mol. The van der Waals surface area contributed by atoms with E-state index in [0.29, 0.717) is 6.04 Å². The normalized spacial score (nSPS) is 20.1. The number of nitrogens with zero attached hydrogens (tertiary/aromatic N) is 4. The zero-order valence-electron chi connectivity index (χ0n) is 13.3. The first-order chi connectivity index (χ1) is 10.6. The minimum atomic E-state index is -0.215. The predicted molar refractivity (Wildman–Crippen MR) is 81.5 cm³/mol. The third kappa shape index (κ3) is 2.65. The Balaban J connectivity index is 1.74. The van der Waals surface area contributed by atoms with Crippen molar-refractivity contribution in [1.29, 1.82) is 0 Å². The molecule has 0 saturated carbocycles. The summed E-state index contributed by atoms with van der Waals surface area (Å²) in [6.45, 7) is 7.25. The summed E-state index contributed by atoms with van der Waals surface area (Å²) in [5.41, 5.74) is 1.73. The molecule has 0 bridgehead atoms. The van der Waals surface area contributed by atoms with Gasteiger partial charge in [-0.15, -0.1) is 0 Å². The molecule has 1 fully saturated rings. The zero-order valence-corrected chi connectivity index (χ0v) is 13.3. The number of rotatable bonds is 3. The molecule has 0 N–H and O–H groups in total. The Morgan fingerprint density at radius 3 is 2.91 bits per heavy atom. The van der Waals surface area contributed by atoms with Gasteiger partial charge in [0.2, 0.25) is 5.91 Å². The van der Waals surface area contributed by atoms with Gasteiger partial charge in [0.15, 0.2) is 0 Å². The maximum atomic E-state index is 12.8. The van der Waals surface area contributed by atoms with Crippen LogP contribution >= 0.6 is 0 Å². The van der Waals surface area contributed by atoms with Gasteiger partial charge in [-0.05, 0) is 33.6 Å². The largest absolute Gasteiger partial charge is 0.361 e. The minimum Gasteiger partial charge on any atom is -0.361 e. The summed E-state index contributed by atoms with van der Waals surface area (Å²) in [6.07, 6.45) is 7.68. The molecule has 2 aromatic rings. The van der Waals surface area contributed by atoms with Crippen molar-refractivity contribution in [2.45, 2.75) is 45.6 Å². The van der Waals surface area contributed by atoms with Crippen molar-refractivity contribution in [1.82, 2.24) is 19.6 Å². The lowest BCUT2D eigenvalue weighted by Gasteiger charge is -2.34. The molecule has 2 atom stereocenters. The molecule has 2 aromatic heterocycles. The second kappa shape index (κ2) is 5.94. The van der Waals surface area contributed by atoms with Crippen LogP contribution in [0, 0.1) is 13.8 Å². The fourth-order valence-electron chi connectivity index (χ4n) is 3.39. The van der Waals surface area contributed by atoms with Crippen LogP contribution in [-0.2, 0) is 4.79 Å². The van der Waals surface area contributed by atoms with Gasteiger partial charge in [0.25, 0.3) is 0 Å². The second-order valence-electron chi connectivity index (χ2n) is 6.05. The van der Waals surface area contributed by atoms with Crippen molar-refractivity contribution in [2.75, 3.05) is 13.1 Å². The van der Waals surface area contributed by atoms with Crippen molar-refractivity contribution in [3.8, 4) is 0 Å². The first-order valence-electron chi connectivity index (χ1n) is 7.77. The number of imidazole rings is 1. The third-order valence-corrected chi connectivity index (χ3v) is 4.55. The van der Waals surface area contributed by atoms with Crippen molar-refractivity contribution in [2.24, 2.45) is 0 Å². The quantitative estimate of drug-likeness (QED) is 0.873. The molecule has 1 saturated heterocycles. The van der Waals surface area contributed by atoms with Gasteiger partial charge in [0.1, 0.15) is 5.76 Å². The number of amides is 1. The van der Waals surface area contributed by atoms with Gasteiger partial charge in [0, 0.05) is 31.0 Å². The Labute approximate surface area is 130 Å². The van der Waals surface area contributed by atoms with Crippen LogP contribution in [0.3, 0.4) is 0 Å². The number of aromatic nitrogens is 3. The maximum Gasteiger partial charge on any atom is 0.230 e. The molecule has 22 heavy (non-hydrogen) atoms. The van der Waals surface area contributed by atoms with E-state index < -0.39 is 0 Å². The molecule has 0 aromatic carbocycles. The van der Waals surface area contributed by atoms with E-state index in [0.717, 1.165) is 42.9 Å². The first kappa shape index (κ1) is 14.8. The summed E-state index contributed by atoms with van der Waals surface area (Å²) in [5.74, 6) is 0.675. The average Bonchev–Trinajstić information content (AvgIpc) is 3.16. The van der Waals surface area contributed by atoms with E-state index in [1.54, 1.807) is 6.20 Å². The summed E-state index contributed by atoms with van der Waals surface area (Å²) in [5, 5.41) is 3.96. The molecule has 3 rings (SSSR count). The van der Waals surface area contributed by atoms with Crippen LogP contribution in [0.1, 0.15) is 48.7 Å². The van der Waals surface area contributed by atoms with Gasteiger partial charge in [-0.3, -0.25) is 4.79 Å². The van der Waals surface area contributed by atoms with Crippen molar-refractivity contribution < 1.29 is 9.32 Å². The SMILES string of the molecule is Cc1noc(C)c1[C@@H](C)C(=O)N1CCC[C@@H](n2ccnc2)C1. The van der Waals surface area contributed by atoms with Crippen LogP contribution in [0.2, 0.25) is 0 Å². The van der Waals surface area contributed by atoms with Crippen LogP contribution in [0.5, 0.6) is 0 Å². The predicted octanol–water partition coefficient (Wildman–Crippen LogP) is 2.46. The molecule has 3 heterocycles. The number of hydrogen-bond acceptors (Lipinski definition) is 4. The number of aryl methyl sites for hydroxylation is 2. The number of hydrogen-bond donors (Lipinski definition) is 0. The molecule has 0 radical (unpaired) electrons. The molecular formula is C16H22N4O2. The molecule has 0 aliphatic carbocycles. The Bertz CT molecular complexity index is 628. The standard InChI is InChI=1S/C16H22N4O2/c1-11(15-12(2)18-22-13(15)3)16(21)19-7-4-5-14(9-19)20-8-6-17-10-20/h6,8,10-11,14H,4-5,7,9H2,1-3H3/t11-,14-/m1/s1. The zero-order chi connectivity index (χ0) is 15.7. The summed E-state index contributed by atoms with van der Waals surface area (Å²) in [7, 11) is 0. The van der Waals surface area contributed by atoms with Crippen molar-refractivity contribution in [3.63, 3.8) is 0 Å². The topological polar surface area (TPSA) is 64.2 Å². The lowest BCUT2D eigenvalue weighted by molar-refractivity contribution is -0.134. The van der Waals surface area contributed by atoms with Crippen molar-refractivity contribution in [3.05, 3.63) is 35.7 Å². The third-order valence-electron chi connectivity index (χ3n) is 4.55. The van der Waals surface area contributed by atoms with Crippen LogP contribution in [0.15, 0.2) is 23.2 Å². The monoisotopic (exact) mass is 302 g/mol. The highest BCUT2D eigenvalue weighted by atomic mass is 16.5. The average molecular weight is 302 g/mol. The molecule has 0 unspecified atom stereocenters. The Hall–Kier alpha value is -2.11. The number of carbonyl (C=O) groups is 1. The van der Waals surface area contributed by atoms with Gasteiger partial charge in [-0.2, -0.15) is 0 Å². The number of likely N-dealkylation sites (tertiary alicyclic amines) is 1. The molecule has 1 aliphatic heterocycles. The van der Waals surface area contributed by atoms with E-state index in [1.807, 2.05) is 38.2 Å². The Morgan fingerprint density at radius 2 is 2.27 bits per heavy atom. The van der Waals surface area contributed by atoms with E-state index in [2.05, 4.69) is 14.7 Å². The fourth-order valence-corrected chi connectivity index (χ4v) is 3.39. The minimum absolute atomic E-state index is 0.152. The van der Waals surface area contributed by atoms with Crippen LogP contribution in [0.25, 0.3) is 0 Å². The van der Waals surface area contributed by atoms with E-state index >= 15 is 0 Å². The van der Waals surface area contributed by atoms with E-state index in [4.69, 9.17) is 4.52 Å². The Kier molecular flexibility index (Phi) is 4.00. The highest BCUT2D eigenvalue weighted by Crippen LogP contribution is 2.28. The summed E-state index contributed by atoms with van der Waals surface area (Å²) >= 11 is 0. The highest BCUT2D eigenvalue weighted by Gasteiger charge is 2.30. The van der Waals surface area contributed by atoms with Gasteiger partial charge in [-0.25, -0.2) is 4.98 Å². The molecule has 118 valence electrons. The van der Waals surface area contributed by atoms with E-state index in [9.17, 15) is 4.79 Å². The highest BCUT2D eigenvalue weighted by molar-refractivity contribution is 5.84. The first-order valence-corrected chi connectivity index (χ1v) is 7.77. The number of piperidine rings is 1. The summed E-state index contributed by atoms with van der Waals surface area (Å²) in [6, 6.07) is 0.317. The molecule has 1 amide bonds. The molecule has 6 heteroatoms. The molecule has 6 nitrogen and oxygen atoms in total. The van der Waals surface area contributed by atoms with Gasteiger partial charge >= 0.3 is 0 Å². The van der Waals surface area contributed by atoms with Gasteiger partial charge in [-0.1, -0.05) is 5.16 Å². The van der Waals surface area contributed by atoms with Crippen LogP contribution in [0.4, 0.5) is 0 Å². The molecule has 0 spiro atoms. The van der Waals surface area contributed by atoms with E-state index in [1.165, 1.54) is 0 Å². The summed E-state index contributed by atoms with van der Waals surface area (Å²) in [4.78, 5) is 18.9. The number of carbonyl (C=O) groups excluding carboxylic acids is 1. The smallest absolute Gasteiger partial charge is 0.230 e. The maximum absolute atomic E-state index is 12.8. The Morgan fingerprint density at radius 1 is 1.45 bits per heavy atom. The fraction of sp³-hybridized carbons (Fsp3) is 0.562. The van der Waals surface area contributed by atoms with Crippen molar-refractivity contribution >= 4 is 5.91 Å². The van der Waals surface area contributed by atoms with Gasteiger partial charge < -0.3 is 14.0 Å². The molecule has 1 aliphatic rings. The van der Waals surface area contributed by atoms with Crippen LogP contribution in [-0.4, -0.2) is 38.6 Å². The summed E-state index contributed by atoms with van der Waals surface area (Å²) < 4.78 is 7.30. The second-order valence-corrected chi connectivity index (χ2v) is 6.05. The lowest BCUT2D eigenvalue weighted by Crippen LogP contribution is -2.42. The van der Waals surface area contributed by atoms with Crippen LogP contribution < -0.4 is 0 Å². The lowest BCUT2D eigenvalue weighted by atomic mass is 9.96. The van der Waals surface area contributed by atoms with E-state index in [-0.39, 0.29) is 11.8 Å².